The van der Waals surface area contributed by atoms with Gasteiger partial charge in [-0.25, -0.2) is 0 Å². The number of carbonyl (C=O) groups is 1. The predicted octanol–water partition coefficient (Wildman–Crippen LogP) is 7.64. The van der Waals surface area contributed by atoms with E-state index in [0.717, 1.165) is 52.0 Å². The van der Waals surface area contributed by atoms with Crippen LogP contribution < -0.4 is 10.2 Å². The lowest BCUT2D eigenvalue weighted by atomic mass is 9.89. The third kappa shape index (κ3) is 7.13. The molecule has 0 atom stereocenters. The summed E-state index contributed by atoms with van der Waals surface area (Å²) < 4.78 is 2.45. The van der Waals surface area contributed by atoms with E-state index < -0.39 is 5.60 Å². The summed E-state index contributed by atoms with van der Waals surface area (Å²) in [6, 6.07) is 17.3. The third-order valence-corrected chi connectivity index (χ3v) is 8.80. The van der Waals surface area contributed by atoms with Gasteiger partial charge in [-0.3, -0.25) is 4.79 Å². The fourth-order valence-electron chi connectivity index (χ4n) is 5.88. The summed E-state index contributed by atoms with van der Waals surface area (Å²) in [6.07, 6.45) is 2.35. The lowest BCUT2D eigenvalue weighted by molar-refractivity contribution is -0.122. The van der Waals surface area contributed by atoms with Crippen LogP contribution >= 0.6 is 11.3 Å². The molecule has 0 bridgehead atoms. The summed E-state index contributed by atoms with van der Waals surface area (Å²) in [5, 5.41) is 38.7. The summed E-state index contributed by atoms with van der Waals surface area (Å²) in [5.74, 6) is 0. The first-order chi connectivity index (χ1) is 21.9. The van der Waals surface area contributed by atoms with Gasteiger partial charge in [0.25, 0.3) is 6.47 Å². The first kappa shape index (κ1) is 34.3. The average molecular weight is 641 g/mol. The van der Waals surface area contributed by atoms with Gasteiger partial charge in [0.2, 0.25) is 0 Å². The van der Waals surface area contributed by atoms with Crippen LogP contribution in [0.25, 0.3) is 43.3 Å². The Balaban J connectivity index is 0.000000541. The zero-order chi connectivity index (χ0) is 33.8. The number of aryl methyl sites for hydroxylation is 1. The van der Waals surface area contributed by atoms with Gasteiger partial charge in [-0.1, -0.05) is 48.1 Å². The smallest absolute Gasteiger partial charge is 0.290 e. The van der Waals surface area contributed by atoms with Crippen molar-refractivity contribution in [3.63, 3.8) is 0 Å². The molecular formula is C36H44N6O3S. The summed E-state index contributed by atoms with van der Waals surface area (Å²) >= 11 is 1.61. The van der Waals surface area contributed by atoms with Gasteiger partial charge in [0.05, 0.1) is 22.5 Å². The molecule has 3 aromatic carbocycles. The summed E-state index contributed by atoms with van der Waals surface area (Å²) in [7, 11) is 4.08. The SMILES string of the molecule is CC(C)(C)O.CCc1c(C)c2c3c(cc(-c4nnc(-c5ccc(NC)c(C=N)c5)s4)n3CCN2C)c1-c1ccc(C)cc1.O=CO. The average Bonchev–Trinajstić information content (AvgIpc) is 3.65. The van der Waals surface area contributed by atoms with Crippen molar-refractivity contribution in [1.82, 2.24) is 14.8 Å². The maximum atomic E-state index is 8.52. The van der Waals surface area contributed by atoms with E-state index in [-0.39, 0.29) is 6.47 Å². The molecule has 46 heavy (non-hydrogen) atoms. The summed E-state index contributed by atoms with van der Waals surface area (Å²) in [4.78, 5) is 10.8. The number of carboxylic acid groups (broad SMARTS) is 1. The summed E-state index contributed by atoms with van der Waals surface area (Å²) in [6.45, 7) is 13.5. The van der Waals surface area contributed by atoms with Crippen molar-refractivity contribution in [3.05, 3.63) is 70.8 Å². The highest BCUT2D eigenvalue weighted by Gasteiger charge is 2.28. The molecule has 242 valence electrons. The van der Waals surface area contributed by atoms with Crippen LogP contribution in [0.5, 0.6) is 0 Å². The van der Waals surface area contributed by atoms with Crippen molar-refractivity contribution < 1.29 is 15.0 Å². The van der Waals surface area contributed by atoms with E-state index in [1.807, 2.05) is 25.2 Å². The molecular weight excluding hydrogens is 597 g/mol. The van der Waals surface area contributed by atoms with E-state index in [1.165, 1.54) is 50.6 Å². The molecule has 4 N–H and O–H groups in total. The highest BCUT2D eigenvalue weighted by atomic mass is 32.1. The van der Waals surface area contributed by atoms with E-state index in [1.54, 1.807) is 32.1 Å². The van der Waals surface area contributed by atoms with Gasteiger partial charge in [0.15, 0.2) is 5.01 Å². The Bertz CT molecular complexity index is 1840. The Labute approximate surface area is 275 Å². The number of nitrogens with one attached hydrogen (secondary N) is 2. The van der Waals surface area contributed by atoms with Crippen molar-refractivity contribution in [3.8, 4) is 32.4 Å². The topological polar surface area (TPSA) is 127 Å². The van der Waals surface area contributed by atoms with Crippen molar-refractivity contribution in [2.45, 2.75) is 60.1 Å². The predicted molar refractivity (Wildman–Crippen MR) is 192 cm³/mol. The number of nitrogens with zero attached hydrogens (tertiary/aromatic N) is 4. The second kappa shape index (κ2) is 14.3. The minimum absolute atomic E-state index is 0.250. The maximum absolute atomic E-state index is 8.52. The van der Waals surface area contributed by atoms with E-state index in [0.29, 0.717) is 0 Å². The standard InChI is InChI=1S/C31H32N6S.C4H10O.CH2O2/c1-6-23-19(3)28-29-24(27(23)20-9-7-18(2)8-10-20)16-26(37(29)14-13-36(28)5)31-35-34-30(38-31)21-11-12-25(33-4)22(15-21)17-32;1-4(2,3)5;2-1-3/h7-12,15-17,32-33H,6,13-14H2,1-5H3;5H,1-3H3;1H,(H,2,3). The number of rotatable bonds is 6. The number of anilines is 2. The van der Waals surface area contributed by atoms with E-state index in [2.05, 4.69) is 83.1 Å². The second-order valence-electron chi connectivity index (χ2n) is 12.3. The lowest BCUT2D eigenvalue weighted by Gasteiger charge is -2.31. The van der Waals surface area contributed by atoms with Gasteiger partial charge < -0.3 is 30.4 Å². The number of likely N-dealkylation sites (N-methyl/N-ethyl adjacent to an activating group) is 1. The minimum Gasteiger partial charge on any atom is -0.483 e. The monoisotopic (exact) mass is 640 g/mol. The molecule has 0 unspecified atom stereocenters. The Kier molecular flexibility index (Phi) is 10.6. The van der Waals surface area contributed by atoms with Gasteiger partial charge >= 0.3 is 0 Å². The number of benzene rings is 3. The number of aliphatic hydroxyl groups is 1. The molecule has 0 spiro atoms. The van der Waals surface area contributed by atoms with Crippen molar-refractivity contribution in [2.24, 2.45) is 0 Å². The van der Waals surface area contributed by atoms with Crippen molar-refractivity contribution >= 4 is 46.3 Å². The Morgan fingerprint density at radius 3 is 2.22 bits per heavy atom. The van der Waals surface area contributed by atoms with Crippen LogP contribution in [0.1, 0.15) is 49.9 Å². The Hall–Kier alpha value is -4.54. The van der Waals surface area contributed by atoms with Gasteiger partial charge in [-0.15, -0.1) is 10.2 Å². The molecule has 5 aromatic rings. The van der Waals surface area contributed by atoms with Gasteiger partial charge in [0.1, 0.15) is 5.01 Å². The van der Waals surface area contributed by atoms with E-state index in [9.17, 15) is 0 Å². The number of hydrogen-bond donors (Lipinski definition) is 4. The second-order valence-corrected chi connectivity index (χ2v) is 13.3. The number of aromatic nitrogens is 3. The minimum atomic E-state index is -0.500. The quantitative estimate of drug-likeness (QED) is 0.111. The highest BCUT2D eigenvalue weighted by molar-refractivity contribution is 7.17. The maximum Gasteiger partial charge on any atom is 0.290 e. The molecule has 0 saturated heterocycles. The third-order valence-electron chi connectivity index (χ3n) is 7.80. The van der Waals surface area contributed by atoms with Crippen LogP contribution in [0, 0.1) is 19.3 Å². The summed E-state index contributed by atoms with van der Waals surface area (Å²) in [5.41, 5.74) is 12.6. The molecule has 6 rings (SSSR count). The number of hydrogen-bond acceptors (Lipinski definition) is 8. The zero-order valence-electron chi connectivity index (χ0n) is 27.9. The molecule has 0 radical (unpaired) electrons. The van der Waals surface area contributed by atoms with Crippen molar-refractivity contribution in [2.75, 3.05) is 30.9 Å². The molecule has 9 nitrogen and oxygen atoms in total. The van der Waals surface area contributed by atoms with Gasteiger partial charge in [-0.2, -0.15) is 0 Å². The molecule has 1 aliphatic heterocycles. The Morgan fingerprint density at radius 2 is 1.63 bits per heavy atom. The molecule has 0 saturated carbocycles. The highest BCUT2D eigenvalue weighted by Crippen LogP contribution is 2.47. The van der Waals surface area contributed by atoms with Crippen LogP contribution in [0.15, 0.2) is 48.5 Å². The van der Waals surface area contributed by atoms with Crippen LogP contribution in [0.3, 0.4) is 0 Å². The van der Waals surface area contributed by atoms with Crippen molar-refractivity contribution in [1.29, 1.82) is 5.41 Å². The largest absolute Gasteiger partial charge is 0.483 e. The van der Waals surface area contributed by atoms with Crippen LogP contribution in [-0.2, 0) is 17.8 Å². The van der Waals surface area contributed by atoms with Gasteiger partial charge in [0, 0.05) is 55.6 Å². The molecule has 1 aliphatic rings. The Morgan fingerprint density at radius 1 is 1.02 bits per heavy atom. The molecule has 2 aromatic heterocycles. The normalized spacial score (nSPS) is 12.2. The lowest BCUT2D eigenvalue weighted by Crippen LogP contribution is -2.29. The molecule has 3 heterocycles. The molecule has 0 fully saturated rings. The molecule has 0 aliphatic carbocycles. The van der Waals surface area contributed by atoms with Gasteiger partial charge in [-0.05, 0) is 87.6 Å². The zero-order valence-corrected chi connectivity index (χ0v) is 28.7. The molecule has 10 heteroatoms. The fourth-order valence-corrected chi connectivity index (χ4v) is 6.75. The van der Waals surface area contributed by atoms with E-state index in [4.69, 9.17) is 20.4 Å². The first-order valence-electron chi connectivity index (χ1n) is 15.3. The van der Waals surface area contributed by atoms with E-state index >= 15 is 0 Å². The van der Waals surface area contributed by atoms with Crippen LogP contribution in [0.4, 0.5) is 11.4 Å². The first-order valence-corrected chi connectivity index (χ1v) is 16.1. The van der Waals surface area contributed by atoms with Crippen LogP contribution in [0.2, 0.25) is 0 Å². The fraction of sp³-hybridized carbons (Fsp3) is 0.333. The molecule has 0 amide bonds. The van der Waals surface area contributed by atoms with Crippen LogP contribution in [-0.4, -0.2) is 63.9 Å².